The summed E-state index contributed by atoms with van der Waals surface area (Å²) in [6.45, 7) is 6.30. The SMILES string of the molecule is CCOC(=O)C1=C(CN2CC[C@@H]3C(=O)NC[C@@H]3C2)NC(c2nccs2)=NC1c1cccc(F)c1C. The molecule has 35 heavy (non-hydrogen) atoms. The van der Waals surface area contributed by atoms with E-state index in [0.717, 1.165) is 19.5 Å². The van der Waals surface area contributed by atoms with Crippen molar-refractivity contribution < 1.29 is 18.7 Å². The van der Waals surface area contributed by atoms with E-state index in [1.807, 2.05) is 5.38 Å². The second kappa shape index (κ2) is 9.87. The molecule has 0 saturated carbocycles. The third-order valence-electron chi connectivity index (χ3n) is 6.94. The molecular weight excluding hydrogens is 469 g/mol. The molecule has 2 fully saturated rings. The minimum atomic E-state index is -0.729. The third-order valence-corrected chi connectivity index (χ3v) is 7.72. The number of nitrogens with one attached hydrogen (secondary N) is 2. The maximum atomic E-state index is 14.6. The van der Waals surface area contributed by atoms with E-state index >= 15 is 0 Å². The van der Waals surface area contributed by atoms with E-state index in [9.17, 15) is 14.0 Å². The number of carbonyl (C=O) groups excluding carboxylic acids is 2. The number of piperidine rings is 1. The van der Waals surface area contributed by atoms with Gasteiger partial charge >= 0.3 is 5.97 Å². The number of thiazole rings is 1. The van der Waals surface area contributed by atoms with Gasteiger partial charge in [-0.05, 0) is 44.0 Å². The smallest absolute Gasteiger partial charge is 0.338 e. The van der Waals surface area contributed by atoms with Crippen molar-refractivity contribution in [2.24, 2.45) is 16.8 Å². The van der Waals surface area contributed by atoms with Crippen LogP contribution in [0.4, 0.5) is 4.39 Å². The number of esters is 1. The quantitative estimate of drug-likeness (QED) is 0.596. The molecule has 0 bridgehead atoms. The zero-order valence-electron chi connectivity index (χ0n) is 19.7. The van der Waals surface area contributed by atoms with Crippen molar-refractivity contribution in [2.75, 3.05) is 32.8 Å². The first-order valence-corrected chi connectivity index (χ1v) is 12.7. The molecule has 1 amide bonds. The Hall–Kier alpha value is -3.11. The number of carbonyl (C=O) groups is 2. The highest BCUT2D eigenvalue weighted by Crippen LogP contribution is 2.36. The molecule has 1 aromatic carbocycles. The lowest BCUT2D eigenvalue weighted by molar-refractivity contribution is -0.139. The monoisotopic (exact) mass is 497 g/mol. The fraction of sp³-hybridized carbons (Fsp3) is 0.440. The van der Waals surface area contributed by atoms with Crippen molar-refractivity contribution in [1.82, 2.24) is 20.5 Å². The van der Waals surface area contributed by atoms with Crippen LogP contribution in [0.1, 0.15) is 35.5 Å². The largest absolute Gasteiger partial charge is 0.463 e. The summed E-state index contributed by atoms with van der Waals surface area (Å²) in [4.78, 5) is 36.9. The number of rotatable bonds is 6. The maximum absolute atomic E-state index is 14.6. The normalized spacial score (nSPS) is 24.5. The topological polar surface area (TPSA) is 95.9 Å². The molecule has 0 aliphatic carbocycles. The Morgan fingerprint density at radius 3 is 3.00 bits per heavy atom. The molecule has 5 rings (SSSR count). The molecule has 1 unspecified atom stereocenters. The van der Waals surface area contributed by atoms with E-state index in [0.29, 0.717) is 46.3 Å². The number of benzene rings is 1. The van der Waals surface area contributed by atoms with Crippen molar-refractivity contribution in [3.63, 3.8) is 0 Å². The summed E-state index contributed by atoms with van der Waals surface area (Å²) in [5.41, 5.74) is 2.11. The Kier molecular flexibility index (Phi) is 6.66. The Balaban J connectivity index is 1.55. The van der Waals surface area contributed by atoms with E-state index in [4.69, 9.17) is 9.73 Å². The minimum absolute atomic E-state index is 0.0548. The van der Waals surface area contributed by atoms with Crippen molar-refractivity contribution in [3.8, 4) is 0 Å². The van der Waals surface area contributed by atoms with Crippen LogP contribution in [0.15, 0.2) is 46.0 Å². The van der Waals surface area contributed by atoms with Gasteiger partial charge in [-0.1, -0.05) is 12.1 Å². The van der Waals surface area contributed by atoms with E-state index in [2.05, 4.69) is 20.5 Å². The minimum Gasteiger partial charge on any atom is -0.463 e. The van der Waals surface area contributed by atoms with Crippen LogP contribution in [0.5, 0.6) is 0 Å². The molecule has 8 nitrogen and oxygen atoms in total. The highest BCUT2D eigenvalue weighted by molar-refractivity contribution is 7.11. The molecular formula is C25H28FN5O3S. The Bertz CT molecular complexity index is 1200. The summed E-state index contributed by atoms with van der Waals surface area (Å²) in [6.07, 6.45) is 2.48. The first-order chi connectivity index (χ1) is 17.0. The van der Waals surface area contributed by atoms with Crippen LogP contribution in [0, 0.1) is 24.6 Å². The number of amidine groups is 1. The lowest BCUT2D eigenvalue weighted by Crippen LogP contribution is -2.45. The molecule has 184 valence electrons. The van der Waals surface area contributed by atoms with E-state index < -0.39 is 12.0 Å². The highest BCUT2D eigenvalue weighted by Gasteiger charge is 2.40. The van der Waals surface area contributed by atoms with Crippen molar-refractivity contribution in [1.29, 1.82) is 0 Å². The van der Waals surface area contributed by atoms with Gasteiger partial charge in [0.05, 0.1) is 12.2 Å². The molecule has 4 heterocycles. The van der Waals surface area contributed by atoms with E-state index in [1.165, 1.54) is 17.4 Å². The van der Waals surface area contributed by atoms with Crippen LogP contribution in [-0.4, -0.2) is 60.4 Å². The molecule has 0 spiro atoms. The van der Waals surface area contributed by atoms with Crippen molar-refractivity contribution in [2.45, 2.75) is 26.3 Å². The van der Waals surface area contributed by atoms with Crippen molar-refractivity contribution >= 4 is 29.0 Å². The van der Waals surface area contributed by atoms with Gasteiger partial charge in [-0.15, -0.1) is 11.3 Å². The number of ether oxygens (including phenoxy) is 1. The van der Waals surface area contributed by atoms with Gasteiger partial charge in [0.2, 0.25) is 5.91 Å². The summed E-state index contributed by atoms with van der Waals surface area (Å²) in [5, 5.41) is 8.87. The number of nitrogens with zero attached hydrogens (tertiary/aromatic N) is 3. The Morgan fingerprint density at radius 2 is 2.23 bits per heavy atom. The van der Waals surface area contributed by atoms with Crippen LogP contribution in [0.3, 0.4) is 0 Å². The fourth-order valence-corrected chi connectivity index (χ4v) is 5.74. The summed E-state index contributed by atoms with van der Waals surface area (Å²) in [7, 11) is 0. The van der Waals surface area contributed by atoms with Gasteiger partial charge in [-0.2, -0.15) is 0 Å². The van der Waals surface area contributed by atoms with Gasteiger partial charge in [0.15, 0.2) is 10.8 Å². The van der Waals surface area contributed by atoms with Crippen LogP contribution >= 0.6 is 11.3 Å². The number of halogens is 1. The van der Waals surface area contributed by atoms with Gasteiger partial charge in [0.1, 0.15) is 11.9 Å². The molecule has 2 aromatic rings. The number of aliphatic imine (C=N–C) groups is 1. The lowest BCUT2D eigenvalue weighted by atomic mass is 9.87. The summed E-state index contributed by atoms with van der Waals surface area (Å²) >= 11 is 1.44. The van der Waals surface area contributed by atoms with Gasteiger partial charge in [0, 0.05) is 48.7 Å². The lowest BCUT2D eigenvalue weighted by Gasteiger charge is -2.36. The molecule has 3 atom stereocenters. The number of likely N-dealkylation sites (tertiary alicyclic amines) is 1. The first-order valence-electron chi connectivity index (χ1n) is 11.9. The third kappa shape index (κ3) is 4.60. The maximum Gasteiger partial charge on any atom is 0.338 e. The standard InChI is InChI=1S/C25H28FN5O3S/c1-3-34-25(33)20-19(13-31-9-7-17-15(12-31)11-28-23(17)32)29-22(24-27-8-10-35-24)30-21(20)16-5-4-6-18(26)14(16)2/h4-6,8,10,15,17,21H,3,7,9,11-13H2,1-2H3,(H,28,32)(H,29,30)/t15-,17+,21?/m1/s1. The second-order valence-corrected chi connectivity index (χ2v) is 9.94. The molecule has 10 heteroatoms. The van der Waals surface area contributed by atoms with Gasteiger partial charge in [-0.3, -0.25) is 14.7 Å². The molecule has 1 aromatic heterocycles. The molecule has 3 aliphatic rings. The number of aromatic nitrogens is 1. The Morgan fingerprint density at radius 1 is 1.37 bits per heavy atom. The van der Waals surface area contributed by atoms with E-state index in [-0.39, 0.29) is 30.2 Å². The van der Waals surface area contributed by atoms with Crippen LogP contribution in [-0.2, 0) is 14.3 Å². The summed E-state index contributed by atoms with van der Waals surface area (Å²) in [6, 6.07) is 4.11. The van der Waals surface area contributed by atoms with Crippen LogP contribution in [0.2, 0.25) is 0 Å². The number of hydrogen-bond donors (Lipinski definition) is 2. The van der Waals surface area contributed by atoms with E-state index in [1.54, 1.807) is 32.2 Å². The summed E-state index contributed by atoms with van der Waals surface area (Å²) < 4.78 is 20.0. The fourth-order valence-electron chi connectivity index (χ4n) is 5.15. The number of hydrogen-bond acceptors (Lipinski definition) is 8. The number of amides is 1. The van der Waals surface area contributed by atoms with Crippen molar-refractivity contribution in [3.05, 3.63) is 63.0 Å². The molecule has 0 radical (unpaired) electrons. The number of fused-ring (bicyclic) bond motifs is 1. The molecule has 3 aliphatic heterocycles. The highest BCUT2D eigenvalue weighted by atomic mass is 32.1. The molecule has 2 N–H and O–H groups in total. The zero-order valence-corrected chi connectivity index (χ0v) is 20.5. The first kappa shape index (κ1) is 23.6. The predicted octanol–water partition coefficient (Wildman–Crippen LogP) is 2.57. The summed E-state index contributed by atoms with van der Waals surface area (Å²) in [5.74, 6) is 0.163. The van der Waals surface area contributed by atoms with Crippen LogP contribution in [0.25, 0.3) is 0 Å². The average molecular weight is 498 g/mol. The zero-order chi connectivity index (χ0) is 24.5. The second-order valence-electron chi connectivity index (χ2n) is 9.04. The average Bonchev–Trinajstić information content (AvgIpc) is 3.51. The molecule has 2 saturated heterocycles. The predicted molar refractivity (Wildman–Crippen MR) is 130 cm³/mol. The Labute approximate surface area is 207 Å². The van der Waals surface area contributed by atoms with Gasteiger partial charge in [0.25, 0.3) is 0 Å². The van der Waals surface area contributed by atoms with Crippen LogP contribution < -0.4 is 10.6 Å². The van der Waals surface area contributed by atoms with Gasteiger partial charge < -0.3 is 15.4 Å². The van der Waals surface area contributed by atoms with Gasteiger partial charge in [-0.25, -0.2) is 14.2 Å².